The second-order valence-corrected chi connectivity index (χ2v) is 7.79. The summed E-state index contributed by atoms with van der Waals surface area (Å²) in [7, 11) is 0. The van der Waals surface area contributed by atoms with Crippen molar-refractivity contribution in [3.63, 3.8) is 0 Å². The Morgan fingerprint density at radius 1 is 1.33 bits per heavy atom. The fourth-order valence-corrected chi connectivity index (χ4v) is 4.29. The molecule has 2 saturated heterocycles. The first-order chi connectivity index (χ1) is 11.7. The van der Waals surface area contributed by atoms with Crippen LogP contribution in [0, 0.1) is 0 Å². The van der Waals surface area contributed by atoms with Crippen LogP contribution in [0.5, 0.6) is 5.88 Å². The molecular weight excluding hydrogens is 326 g/mol. The summed E-state index contributed by atoms with van der Waals surface area (Å²) in [5.41, 5.74) is 0.500. The van der Waals surface area contributed by atoms with E-state index in [0.29, 0.717) is 30.5 Å². The maximum Gasteiger partial charge on any atom is 0.253 e. The van der Waals surface area contributed by atoms with Crippen LogP contribution in [0.1, 0.15) is 36.0 Å². The molecule has 0 spiro atoms. The SMILES string of the molecule is O=C(NC1CC(=O)N(C2CC2)C1)c1ccc(OC2CCSC2)nc1. The highest BCUT2D eigenvalue weighted by atomic mass is 32.2. The molecule has 1 N–H and O–H groups in total. The van der Waals surface area contributed by atoms with E-state index < -0.39 is 0 Å². The summed E-state index contributed by atoms with van der Waals surface area (Å²) in [5.74, 6) is 2.66. The molecule has 7 heteroatoms. The molecule has 3 aliphatic rings. The van der Waals surface area contributed by atoms with E-state index in [2.05, 4.69) is 10.3 Å². The molecular formula is C17H21N3O3S. The summed E-state index contributed by atoms with van der Waals surface area (Å²) in [6.45, 7) is 0.628. The Bertz CT molecular complexity index is 626. The van der Waals surface area contributed by atoms with E-state index in [0.717, 1.165) is 30.8 Å². The van der Waals surface area contributed by atoms with Gasteiger partial charge >= 0.3 is 0 Å². The number of nitrogens with zero attached hydrogens (tertiary/aromatic N) is 2. The van der Waals surface area contributed by atoms with Gasteiger partial charge in [-0.25, -0.2) is 4.98 Å². The first-order valence-electron chi connectivity index (χ1n) is 8.50. The van der Waals surface area contributed by atoms with Gasteiger partial charge in [-0.15, -0.1) is 0 Å². The Morgan fingerprint density at radius 3 is 2.88 bits per heavy atom. The van der Waals surface area contributed by atoms with Gasteiger partial charge in [0.2, 0.25) is 11.8 Å². The summed E-state index contributed by atoms with van der Waals surface area (Å²) in [5, 5.41) is 2.95. The van der Waals surface area contributed by atoms with Crippen molar-refractivity contribution in [2.45, 2.75) is 43.9 Å². The van der Waals surface area contributed by atoms with Crippen LogP contribution in [-0.2, 0) is 4.79 Å². The van der Waals surface area contributed by atoms with Gasteiger partial charge in [-0.3, -0.25) is 9.59 Å². The van der Waals surface area contributed by atoms with Crippen molar-refractivity contribution in [1.29, 1.82) is 0 Å². The van der Waals surface area contributed by atoms with E-state index in [-0.39, 0.29) is 24.0 Å². The van der Waals surface area contributed by atoms with Crippen LogP contribution in [0.15, 0.2) is 18.3 Å². The Hall–Kier alpha value is -1.76. The fourth-order valence-electron chi connectivity index (χ4n) is 3.20. The first kappa shape index (κ1) is 15.7. The van der Waals surface area contributed by atoms with Crippen LogP contribution in [0.3, 0.4) is 0 Å². The summed E-state index contributed by atoms with van der Waals surface area (Å²) in [6.07, 6.45) is 5.40. The number of rotatable bonds is 5. The highest BCUT2D eigenvalue weighted by Crippen LogP contribution is 2.30. The van der Waals surface area contributed by atoms with E-state index in [1.54, 1.807) is 18.3 Å². The van der Waals surface area contributed by atoms with Gasteiger partial charge in [0.15, 0.2) is 0 Å². The topological polar surface area (TPSA) is 71.5 Å². The summed E-state index contributed by atoms with van der Waals surface area (Å²) in [4.78, 5) is 30.4. The number of nitrogens with one attached hydrogen (secondary N) is 1. The van der Waals surface area contributed by atoms with E-state index in [9.17, 15) is 9.59 Å². The average Bonchev–Trinajstić information content (AvgIpc) is 3.17. The van der Waals surface area contributed by atoms with Crippen LogP contribution in [0.25, 0.3) is 0 Å². The van der Waals surface area contributed by atoms with E-state index in [1.807, 2.05) is 16.7 Å². The largest absolute Gasteiger partial charge is 0.473 e. The van der Waals surface area contributed by atoms with Crippen molar-refractivity contribution in [2.24, 2.45) is 0 Å². The van der Waals surface area contributed by atoms with Gasteiger partial charge in [-0.2, -0.15) is 11.8 Å². The molecule has 0 aromatic carbocycles. The van der Waals surface area contributed by atoms with E-state index in [4.69, 9.17) is 4.74 Å². The van der Waals surface area contributed by atoms with E-state index >= 15 is 0 Å². The molecule has 6 nitrogen and oxygen atoms in total. The van der Waals surface area contributed by atoms with Gasteiger partial charge in [0.1, 0.15) is 6.10 Å². The minimum Gasteiger partial charge on any atom is -0.473 e. The molecule has 2 aliphatic heterocycles. The predicted molar refractivity (Wildman–Crippen MR) is 91.2 cm³/mol. The molecule has 2 amide bonds. The molecule has 24 heavy (non-hydrogen) atoms. The Labute approximate surface area is 145 Å². The van der Waals surface area contributed by atoms with Crippen LogP contribution < -0.4 is 10.1 Å². The monoisotopic (exact) mass is 347 g/mol. The zero-order valence-corrected chi connectivity index (χ0v) is 14.3. The van der Waals surface area contributed by atoms with Crippen LogP contribution in [-0.4, -0.2) is 57.9 Å². The van der Waals surface area contributed by atoms with Crippen LogP contribution in [0.4, 0.5) is 0 Å². The number of amides is 2. The van der Waals surface area contributed by atoms with Crippen LogP contribution >= 0.6 is 11.8 Å². The maximum absolute atomic E-state index is 12.3. The number of thioether (sulfide) groups is 1. The summed E-state index contributed by atoms with van der Waals surface area (Å²) < 4.78 is 5.79. The number of carbonyl (C=O) groups is 2. The average molecular weight is 347 g/mol. The lowest BCUT2D eigenvalue weighted by molar-refractivity contribution is -0.128. The van der Waals surface area contributed by atoms with Crippen molar-refractivity contribution in [3.05, 3.63) is 23.9 Å². The van der Waals surface area contributed by atoms with Gasteiger partial charge in [0.25, 0.3) is 5.91 Å². The number of carbonyl (C=O) groups excluding carboxylic acids is 2. The van der Waals surface area contributed by atoms with Crippen molar-refractivity contribution >= 4 is 23.6 Å². The van der Waals surface area contributed by atoms with Crippen molar-refractivity contribution in [1.82, 2.24) is 15.2 Å². The van der Waals surface area contributed by atoms with Gasteiger partial charge in [0, 0.05) is 37.0 Å². The maximum atomic E-state index is 12.3. The molecule has 3 fully saturated rings. The highest BCUT2D eigenvalue weighted by molar-refractivity contribution is 7.99. The molecule has 1 aliphatic carbocycles. The Morgan fingerprint density at radius 2 is 2.21 bits per heavy atom. The third-order valence-electron chi connectivity index (χ3n) is 4.66. The Kier molecular flexibility index (Phi) is 4.35. The standard InChI is InChI=1S/C17H21N3O3S/c21-16-7-12(9-20(16)13-2-3-13)19-17(22)11-1-4-15(18-8-11)23-14-5-6-24-10-14/h1,4,8,12-14H,2-3,5-7,9-10H2,(H,19,22). The number of pyridine rings is 1. The fraction of sp³-hybridized carbons (Fsp3) is 0.588. The predicted octanol–water partition coefficient (Wildman–Crippen LogP) is 1.46. The summed E-state index contributed by atoms with van der Waals surface area (Å²) >= 11 is 1.89. The number of hydrogen-bond acceptors (Lipinski definition) is 5. The number of likely N-dealkylation sites (tertiary alicyclic amines) is 1. The minimum atomic E-state index is -0.180. The molecule has 2 unspecified atom stereocenters. The van der Waals surface area contributed by atoms with Crippen molar-refractivity contribution in [3.8, 4) is 5.88 Å². The Balaban J connectivity index is 1.32. The normalized spacial score (nSPS) is 26.7. The molecule has 1 saturated carbocycles. The minimum absolute atomic E-state index is 0.1000. The number of ether oxygens (including phenoxy) is 1. The molecule has 2 atom stereocenters. The van der Waals surface area contributed by atoms with Gasteiger partial charge in [0.05, 0.1) is 11.6 Å². The quantitative estimate of drug-likeness (QED) is 0.873. The van der Waals surface area contributed by atoms with Gasteiger partial charge < -0.3 is 15.0 Å². The molecule has 1 aromatic heterocycles. The molecule has 0 bridgehead atoms. The lowest BCUT2D eigenvalue weighted by atomic mass is 10.2. The third kappa shape index (κ3) is 3.50. The number of aromatic nitrogens is 1. The first-order valence-corrected chi connectivity index (χ1v) is 9.65. The lowest BCUT2D eigenvalue weighted by Crippen LogP contribution is -2.37. The summed E-state index contributed by atoms with van der Waals surface area (Å²) in [6, 6.07) is 3.78. The van der Waals surface area contributed by atoms with Crippen LogP contribution in [0.2, 0.25) is 0 Å². The lowest BCUT2D eigenvalue weighted by Gasteiger charge is -2.16. The highest BCUT2D eigenvalue weighted by Gasteiger charge is 2.39. The number of hydrogen-bond donors (Lipinski definition) is 1. The van der Waals surface area contributed by atoms with E-state index in [1.165, 1.54) is 0 Å². The molecule has 0 radical (unpaired) electrons. The zero-order valence-electron chi connectivity index (χ0n) is 13.4. The smallest absolute Gasteiger partial charge is 0.253 e. The van der Waals surface area contributed by atoms with Crippen molar-refractivity contribution < 1.29 is 14.3 Å². The zero-order chi connectivity index (χ0) is 16.5. The molecule has 128 valence electrons. The molecule has 4 rings (SSSR count). The van der Waals surface area contributed by atoms with Gasteiger partial charge in [-0.1, -0.05) is 0 Å². The second-order valence-electron chi connectivity index (χ2n) is 6.64. The van der Waals surface area contributed by atoms with Gasteiger partial charge in [-0.05, 0) is 31.1 Å². The molecule has 3 heterocycles. The second kappa shape index (κ2) is 6.63. The molecule has 1 aromatic rings. The third-order valence-corrected chi connectivity index (χ3v) is 5.79. The van der Waals surface area contributed by atoms with Crippen molar-refractivity contribution in [2.75, 3.05) is 18.1 Å².